The van der Waals surface area contributed by atoms with Gasteiger partial charge in [-0.25, -0.2) is 4.79 Å². The van der Waals surface area contributed by atoms with Crippen molar-refractivity contribution in [1.82, 2.24) is 16.0 Å². The highest BCUT2D eigenvalue weighted by Gasteiger charge is 2.30. The number of carboxylic acid groups (broad SMARTS) is 1. The molecule has 0 aliphatic heterocycles. The summed E-state index contributed by atoms with van der Waals surface area (Å²) < 4.78 is 0. The van der Waals surface area contributed by atoms with Crippen LogP contribution < -0.4 is 21.7 Å². The molecule has 0 saturated carbocycles. The number of nitrogens with one attached hydrogen (secondary N) is 3. The first-order valence-corrected chi connectivity index (χ1v) is 15.5. The summed E-state index contributed by atoms with van der Waals surface area (Å²) >= 11 is 3.05. The van der Waals surface area contributed by atoms with Crippen molar-refractivity contribution in [1.29, 1.82) is 0 Å². The number of hydrogen-bond acceptors (Lipinski definition) is 7. The fourth-order valence-corrected chi connectivity index (χ4v) is 4.77. The molecule has 6 N–H and O–H groups in total. The predicted octanol–water partition coefficient (Wildman–Crippen LogP) is 1.84. The quantitative estimate of drug-likeness (QED) is 0.192. The number of nitrogens with two attached hydrogens (primary N) is 1. The van der Waals surface area contributed by atoms with Crippen LogP contribution in [0.3, 0.4) is 0 Å². The molecule has 9 nitrogen and oxygen atoms in total. The van der Waals surface area contributed by atoms with Gasteiger partial charge in [-0.3, -0.25) is 14.4 Å². The first-order valence-electron chi connectivity index (χ1n) is 12.7. The van der Waals surface area contributed by atoms with Gasteiger partial charge >= 0.3 is 5.97 Å². The Morgan fingerprint density at radius 2 is 1.10 bits per heavy atom. The fraction of sp³-hybridized carbons (Fsp3) is 0.429. The van der Waals surface area contributed by atoms with Crippen molar-refractivity contribution in [2.75, 3.05) is 24.0 Å². The van der Waals surface area contributed by atoms with Crippen LogP contribution in [-0.2, 0) is 32.0 Å². The number of benzene rings is 2. The molecule has 0 spiro atoms. The van der Waals surface area contributed by atoms with Gasteiger partial charge in [0.25, 0.3) is 0 Å². The standard InChI is InChI=1S/C28H38N4O5S2/c1-38-15-13-21(29)25(33)31-23(17-19-9-5-3-6-10-19)27(35)32-24(18-20-11-7-4-8-12-20)26(34)30-22(28(36)37)14-16-39-2/h3-12,21-24H,13-18,29H2,1-2H3,(H,30,34)(H,31,33)(H,32,35)(H,36,37). The van der Waals surface area contributed by atoms with E-state index in [0.717, 1.165) is 11.1 Å². The van der Waals surface area contributed by atoms with E-state index >= 15 is 0 Å². The summed E-state index contributed by atoms with van der Waals surface area (Å²) in [6.07, 6.45) is 4.82. The number of carbonyl (C=O) groups is 4. The summed E-state index contributed by atoms with van der Waals surface area (Å²) in [5.41, 5.74) is 7.65. The zero-order chi connectivity index (χ0) is 28.6. The molecule has 0 heterocycles. The van der Waals surface area contributed by atoms with E-state index in [2.05, 4.69) is 16.0 Å². The molecule has 0 bridgehead atoms. The normalized spacial score (nSPS) is 13.9. The molecule has 4 unspecified atom stereocenters. The van der Waals surface area contributed by atoms with Gasteiger partial charge in [-0.2, -0.15) is 23.5 Å². The molecule has 4 atom stereocenters. The monoisotopic (exact) mass is 574 g/mol. The van der Waals surface area contributed by atoms with Crippen LogP contribution in [0.1, 0.15) is 24.0 Å². The minimum atomic E-state index is -1.14. The molecule has 2 rings (SSSR count). The van der Waals surface area contributed by atoms with Crippen molar-refractivity contribution in [3.63, 3.8) is 0 Å². The zero-order valence-electron chi connectivity index (χ0n) is 22.3. The molecular weight excluding hydrogens is 536 g/mol. The topological polar surface area (TPSA) is 151 Å². The molecular formula is C28H38N4O5S2. The molecule has 2 aromatic rings. The second kappa shape index (κ2) is 17.5. The van der Waals surface area contributed by atoms with Crippen molar-refractivity contribution in [2.45, 2.75) is 49.9 Å². The molecule has 212 valence electrons. The largest absolute Gasteiger partial charge is 0.480 e. The molecule has 0 fully saturated rings. The minimum absolute atomic E-state index is 0.145. The van der Waals surface area contributed by atoms with Crippen molar-refractivity contribution < 1.29 is 24.3 Å². The number of aliphatic carboxylic acids is 1. The van der Waals surface area contributed by atoms with Crippen molar-refractivity contribution >= 4 is 47.2 Å². The maximum absolute atomic E-state index is 13.5. The molecule has 0 radical (unpaired) electrons. The van der Waals surface area contributed by atoms with E-state index in [1.54, 1.807) is 11.8 Å². The Bertz CT molecular complexity index is 1060. The number of rotatable bonds is 17. The van der Waals surface area contributed by atoms with Gasteiger partial charge in [0.1, 0.15) is 18.1 Å². The van der Waals surface area contributed by atoms with Gasteiger partial charge in [-0.1, -0.05) is 60.7 Å². The summed E-state index contributed by atoms with van der Waals surface area (Å²) in [6.45, 7) is 0. The Labute approximate surface area is 238 Å². The Morgan fingerprint density at radius 3 is 1.54 bits per heavy atom. The van der Waals surface area contributed by atoms with Gasteiger partial charge in [-0.05, 0) is 48.0 Å². The SMILES string of the molecule is CSCCC(N)C(=O)NC(Cc1ccccc1)C(=O)NC(Cc1ccccc1)C(=O)NC(CCSC)C(=O)O. The van der Waals surface area contributed by atoms with Crippen LogP contribution in [0.2, 0.25) is 0 Å². The van der Waals surface area contributed by atoms with Crippen molar-refractivity contribution in [2.24, 2.45) is 5.73 Å². The maximum atomic E-state index is 13.5. The number of carbonyl (C=O) groups excluding carboxylic acids is 3. The molecule has 0 saturated heterocycles. The van der Waals surface area contributed by atoms with E-state index in [-0.39, 0.29) is 19.3 Å². The van der Waals surface area contributed by atoms with Gasteiger partial charge in [0, 0.05) is 12.8 Å². The minimum Gasteiger partial charge on any atom is -0.480 e. The lowest BCUT2D eigenvalue weighted by atomic mass is 10.0. The van der Waals surface area contributed by atoms with Crippen LogP contribution >= 0.6 is 23.5 Å². The van der Waals surface area contributed by atoms with E-state index in [9.17, 15) is 24.3 Å². The third kappa shape index (κ3) is 11.7. The van der Waals surface area contributed by atoms with Crippen LogP contribution in [0.5, 0.6) is 0 Å². The fourth-order valence-electron chi connectivity index (χ4n) is 3.81. The van der Waals surface area contributed by atoms with Crippen LogP contribution in [0.25, 0.3) is 0 Å². The summed E-state index contributed by atoms with van der Waals surface area (Å²) in [6, 6.07) is 14.4. The van der Waals surface area contributed by atoms with Crippen LogP contribution in [0.4, 0.5) is 0 Å². The second-order valence-corrected chi connectivity index (χ2v) is 11.0. The van der Waals surface area contributed by atoms with Crippen molar-refractivity contribution in [3.05, 3.63) is 71.8 Å². The van der Waals surface area contributed by atoms with E-state index in [0.29, 0.717) is 17.9 Å². The summed E-state index contributed by atoms with van der Waals surface area (Å²) in [5.74, 6) is -1.51. The van der Waals surface area contributed by atoms with Gasteiger partial charge < -0.3 is 26.8 Å². The van der Waals surface area contributed by atoms with E-state index in [1.807, 2.05) is 73.2 Å². The Hall–Kier alpha value is -3.02. The summed E-state index contributed by atoms with van der Waals surface area (Å²) in [7, 11) is 0. The van der Waals surface area contributed by atoms with Gasteiger partial charge in [0.2, 0.25) is 17.7 Å². The number of hydrogen-bond donors (Lipinski definition) is 5. The molecule has 3 amide bonds. The third-order valence-electron chi connectivity index (χ3n) is 6.03. The Kier molecular flexibility index (Phi) is 14.5. The smallest absolute Gasteiger partial charge is 0.326 e. The van der Waals surface area contributed by atoms with Gasteiger partial charge in [0.15, 0.2) is 0 Å². The van der Waals surface area contributed by atoms with Gasteiger partial charge in [-0.15, -0.1) is 0 Å². The first kappa shape index (κ1) is 32.2. The first-order chi connectivity index (χ1) is 18.7. The summed E-state index contributed by atoms with van der Waals surface area (Å²) in [5, 5.41) is 17.7. The molecule has 0 aromatic heterocycles. The number of amides is 3. The Morgan fingerprint density at radius 1 is 0.692 bits per heavy atom. The summed E-state index contributed by atoms with van der Waals surface area (Å²) in [4.78, 5) is 51.4. The molecule has 2 aromatic carbocycles. The van der Waals surface area contributed by atoms with E-state index in [4.69, 9.17) is 5.73 Å². The lowest BCUT2D eigenvalue weighted by Gasteiger charge is -2.25. The lowest BCUT2D eigenvalue weighted by molar-refractivity contribution is -0.142. The van der Waals surface area contributed by atoms with Crippen LogP contribution in [0.15, 0.2) is 60.7 Å². The highest BCUT2D eigenvalue weighted by molar-refractivity contribution is 7.98. The molecule has 0 aliphatic rings. The Balaban J connectivity index is 2.27. The number of carboxylic acids is 1. The molecule has 11 heteroatoms. The zero-order valence-corrected chi connectivity index (χ0v) is 23.9. The highest BCUT2D eigenvalue weighted by atomic mass is 32.2. The van der Waals surface area contributed by atoms with Gasteiger partial charge in [0.05, 0.1) is 6.04 Å². The number of thioether (sulfide) groups is 2. The highest BCUT2D eigenvalue weighted by Crippen LogP contribution is 2.09. The van der Waals surface area contributed by atoms with Crippen molar-refractivity contribution in [3.8, 4) is 0 Å². The van der Waals surface area contributed by atoms with E-state index in [1.165, 1.54) is 11.8 Å². The average molecular weight is 575 g/mol. The van der Waals surface area contributed by atoms with Crippen LogP contribution in [-0.4, -0.2) is 77.0 Å². The average Bonchev–Trinajstić information content (AvgIpc) is 2.93. The van der Waals surface area contributed by atoms with Crippen LogP contribution in [0, 0.1) is 0 Å². The molecule has 0 aliphatic carbocycles. The van der Waals surface area contributed by atoms with E-state index < -0.39 is 47.9 Å². The second-order valence-electron chi connectivity index (χ2n) is 9.07. The lowest BCUT2D eigenvalue weighted by Crippen LogP contribution is -2.58. The predicted molar refractivity (Wildman–Crippen MR) is 158 cm³/mol. The molecule has 39 heavy (non-hydrogen) atoms. The third-order valence-corrected chi connectivity index (χ3v) is 7.31. The maximum Gasteiger partial charge on any atom is 0.326 e.